The van der Waals surface area contributed by atoms with E-state index >= 15 is 0 Å². The van der Waals surface area contributed by atoms with Gasteiger partial charge in [-0.25, -0.2) is 5.10 Å². The lowest BCUT2D eigenvalue weighted by Gasteiger charge is -1.98. The van der Waals surface area contributed by atoms with E-state index in [1.54, 1.807) is 0 Å². The molecule has 7 nitrogen and oxygen atoms in total. The van der Waals surface area contributed by atoms with Gasteiger partial charge < -0.3 is 0 Å². The lowest BCUT2D eigenvalue weighted by molar-refractivity contribution is 0.102. The highest BCUT2D eigenvalue weighted by molar-refractivity contribution is 7.15. The summed E-state index contributed by atoms with van der Waals surface area (Å²) in [5, 5.41) is 17.8. The number of hydrogen-bond donors (Lipinski definition) is 2. The number of aromatic nitrogens is 4. The third kappa shape index (κ3) is 3.95. The van der Waals surface area contributed by atoms with Crippen LogP contribution in [0.1, 0.15) is 41.7 Å². The zero-order valence-corrected chi connectivity index (χ0v) is 11.9. The minimum atomic E-state index is -0.419. The summed E-state index contributed by atoms with van der Waals surface area (Å²) in [7, 11) is 0. The van der Waals surface area contributed by atoms with Crippen molar-refractivity contribution in [2.24, 2.45) is 0 Å². The third-order valence-electron chi connectivity index (χ3n) is 2.59. The minimum Gasteiger partial charge on any atom is -0.295 e. The largest absolute Gasteiger partial charge is 0.295 e. The summed E-state index contributed by atoms with van der Waals surface area (Å²) in [6, 6.07) is 2.61. The molecule has 2 rings (SSSR count). The molecule has 0 aliphatic rings. The molecule has 0 radical (unpaired) electrons. The van der Waals surface area contributed by atoms with Crippen molar-refractivity contribution in [1.82, 2.24) is 20.4 Å². The van der Waals surface area contributed by atoms with E-state index in [1.165, 1.54) is 23.5 Å². The van der Waals surface area contributed by atoms with Crippen LogP contribution in [0.15, 0.2) is 16.9 Å². The fourth-order valence-electron chi connectivity index (χ4n) is 1.56. The standard InChI is InChI=1S/C12H15N5O2S/c1-2-3-4-5-10-16-17-12(20-10)13-11(19)8-6-7-9(18)15-14-8/h6-7H,2-5H2,1H3,(H,15,18)(H,13,17,19). The van der Waals surface area contributed by atoms with E-state index in [2.05, 4.69) is 32.6 Å². The van der Waals surface area contributed by atoms with Crippen molar-refractivity contribution in [3.8, 4) is 0 Å². The Morgan fingerprint density at radius 3 is 2.90 bits per heavy atom. The maximum Gasteiger partial charge on any atom is 0.277 e. The highest BCUT2D eigenvalue weighted by Crippen LogP contribution is 2.17. The van der Waals surface area contributed by atoms with Crippen LogP contribution in [0.3, 0.4) is 0 Å². The first-order chi connectivity index (χ1) is 9.69. The van der Waals surface area contributed by atoms with Crippen LogP contribution in [0, 0.1) is 0 Å². The number of carbonyl (C=O) groups is 1. The highest BCUT2D eigenvalue weighted by Gasteiger charge is 2.11. The number of nitrogens with one attached hydrogen (secondary N) is 2. The number of aromatic amines is 1. The second-order valence-electron chi connectivity index (χ2n) is 4.22. The molecule has 0 atom stereocenters. The Labute approximate surface area is 119 Å². The Balaban J connectivity index is 1.94. The monoisotopic (exact) mass is 293 g/mol. The average molecular weight is 293 g/mol. The molecule has 1 amide bonds. The number of amides is 1. The maximum atomic E-state index is 11.8. The summed E-state index contributed by atoms with van der Waals surface area (Å²) in [5.41, 5.74) is -0.219. The Morgan fingerprint density at radius 2 is 2.20 bits per heavy atom. The minimum absolute atomic E-state index is 0.132. The zero-order chi connectivity index (χ0) is 14.4. The van der Waals surface area contributed by atoms with Gasteiger partial charge in [0.2, 0.25) is 5.13 Å². The summed E-state index contributed by atoms with van der Waals surface area (Å²) < 4.78 is 0. The molecule has 20 heavy (non-hydrogen) atoms. The fourth-order valence-corrected chi connectivity index (χ4v) is 2.34. The molecule has 0 aliphatic heterocycles. The Hall–Kier alpha value is -2.09. The molecular formula is C12H15N5O2S. The van der Waals surface area contributed by atoms with Crippen LogP contribution in [0.5, 0.6) is 0 Å². The van der Waals surface area contributed by atoms with E-state index in [0.29, 0.717) is 5.13 Å². The molecular weight excluding hydrogens is 278 g/mol. The Bertz CT molecular complexity index is 616. The molecule has 2 aromatic heterocycles. The maximum absolute atomic E-state index is 11.8. The number of H-pyrrole nitrogens is 1. The van der Waals surface area contributed by atoms with Crippen molar-refractivity contribution in [1.29, 1.82) is 0 Å². The topological polar surface area (TPSA) is 101 Å². The van der Waals surface area contributed by atoms with Crippen LogP contribution in [0.2, 0.25) is 0 Å². The van der Waals surface area contributed by atoms with E-state index in [0.717, 1.165) is 30.7 Å². The molecule has 0 bridgehead atoms. The van der Waals surface area contributed by atoms with Crippen molar-refractivity contribution in [3.63, 3.8) is 0 Å². The number of anilines is 1. The quantitative estimate of drug-likeness (QED) is 0.788. The first-order valence-electron chi connectivity index (χ1n) is 6.38. The number of unbranched alkanes of at least 4 members (excludes halogenated alkanes) is 2. The van der Waals surface area contributed by atoms with Gasteiger partial charge in [-0.2, -0.15) is 5.10 Å². The van der Waals surface area contributed by atoms with Gasteiger partial charge in [0.15, 0.2) is 0 Å². The van der Waals surface area contributed by atoms with E-state index in [4.69, 9.17) is 0 Å². The number of carbonyl (C=O) groups excluding carboxylic acids is 1. The summed E-state index contributed by atoms with van der Waals surface area (Å²) in [6.45, 7) is 2.14. The van der Waals surface area contributed by atoms with E-state index < -0.39 is 5.91 Å². The van der Waals surface area contributed by atoms with Crippen molar-refractivity contribution < 1.29 is 4.79 Å². The number of aryl methyl sites for hydroxylation is 1. The number of rotatable bonds is 6. The SMILES string of the molecule is CCCCCc1nnc(NC(=O)c2ccc(=O)[nH]n2)s1. The zero-order valence-electron chi connectivity index (χ0n) is 11.0. The van der Waals surface area contributed by atoms with Gasteiger partial charge in [0.25, 0.3) is 11.5 Å². The summed E-state index contributed by atoms with van der Waals surface area (Å²) in [4.78, 5) is 22.7. The number of nitrogens with zero attached hydrogens (tertiary/aromatic N) is 3. The van der Waals surface area contributed by atoms with Crippen LogP contribution in [-0.4, -0.2) is 26.3 Å². The van der Waals surface area contributed by atoms with Gasteiger partial charge in [-0.15, -0.1) is 10.2 Å². The van der Waals surface area contributed by atoms with Crippen LogP contribution in [-0.2, 0) is 6.42 Å². The lowest BCUT2D eigenvalue weighted by Crippen LogP contribution is -2.17. The average Bonchev–Trinajstić information content (AvgIpc) is 2.87. The lowest BCUT2D eigenvalue weighted by atomic mass is 10.2. The van der Waals surface area contributed by atoms with Crippen LogP contribution in [0.4, 0.5) is 5.13 Å². The molecule has 2 N–H and O–H groups in total. The second kappa shape index (κ2) is 6.90. The molecule has 0 unspecified atom stereocenters. The number of hydrogen-bond acceptors (Lipinski definition) is 6. The van der Waals surface area contributed by atoms with Gasteiger partial charge in [0, 0.05) is 12.5 Å². The molecule has 0 spiro atoms. The Morgan fingerprint density at radius 1 is 1.35 bits per heavy atom. The Kier molecular flexibility index (Phi) is 4.94. The molecule has 0 aliphatic carbocycles. The van der Waals surface area contributed by atoms with Crippen LogP contribution < -0.4 is 10.9 Å². The summed E-state index contributed by atoms with van der Waals surface area (Å²) in [5.74, 6) is -0.419. The van der Waals surface area contributed by atoms with Crippen LogP contribution in [0.25, 0.3) is 0 Å². The van der Waals surface area contributed by atoms with Gasteiger partial charge in [0.05, 0.1) is 0 Å². The molecule has 106 valence electrons. The van der Waals surface area contributed by atoms with Gasteiger partial charge >= 0.3 is 0 Å². The van der Waals surface area contributed by atoms with Crippen molar-refractivity contribution in [2.45, 2.75) is 32.6 Å². The molecule has 0 fully saturated rings. The molecule has 2 aromatic rings. The fraction of sp³-hybridized carbons (Fsp3) is 0.417. The molecule has 8 heteroatoms. The van der Waals surface area contributed by atoms with E-state index in [-0.39, 0.29) is 11.3 Å². The van der Waals surface area contributed by atoms with E-state index in [9.17, 15) is 9.59 Å². The van der Waals surface area contributed by atoms with E-state index in [1.807, 2.05) is 0 Å². The van der Waals surface area contributed by atoms with Crippen molar-refractivity contribution >= 4 is 22.4 Å². The second-order valence-corrected chi connectivity index (χ2v) is 5.28. The molecule has 2 heterocycles. The van der Waals surface area contributed by atoms with Crippen LogP contribution >= 0.6 is 11.3 Å². The summed E-state index contributed by atoms with van der Waals surface area (Å²) in [6.07, 6.45) is 4.25. The first kappa shape index (κ1) is 14.3. The predicted molar refractivity (Wildman–Crippen MR) is 75.9 cm³/mol. The highest BCUT2D eigenvalue weighted by atomic mass is 32.1. The predicted octanol–water partition coefficient (Wildman–Crippen LogP) is 1.61. The molecule has 0 aromatic carbocycles. The smallest absolute Gasteiger partial charge is 0.277 e. The van der Waals surface area contributed by atoms with Gasteiger partial charge in [-0.1, -0.05) is 31.1 Å². The van der Waals surface area contributed by atoms with Gasteiger partial charge in [0.1, 0.15) is 10.7 Å². The summed E-state index contributed by atoms with van der Waals surface area (Å²) >= 11 is 1.36. The van der Waals surface area contributed by atoms with Gasteiger partial charge in [-0.05, 0) is 12.5 Å². The molecule has 0 saturated heterocycles. The van der Waals surface area contributed by atoms with Crippen molar-refractivity contribution in [2.75, 3.05) is 5.32 Å². The molecule has 0 saturated carbocycles. The normalized spacial score (nSPS) is 10.4. The first-order valence-corrected chi connectivity index (χ1v) is 7.20. The van der Waals surface area contributed by atoms with Crippen molar-refractivity contribution in [3.05, 3.63) is 33.2 Å². The third-order valence-corrected chi connectivity index (χ3v) is 3.49. The van der Waals surface area contributed by atoms with Gasteiger partial charge in [-0.3, -0.25) is 14.9 Å².